The maximum atomic E-state index is 13.3. The van der Waals surface area contributed by atoms with E-state index in [0.717, 1.165) is 0 Å². The van der Waals surface area contributed by atoms with Gasteiger partial charge in [-0.1, -0.05) is 12.1 Å². The number of nitrogens with zero attached hydrogens (tertiary/aromatic N) is 2. The number of aromatic carboxylic acids is 1. The molecule has 1 aliphatic heterocycles. The van der Waals surface area contributed by atoms with E-state index in [2.05, 4.69) is 10.4 Å². The zero-order valence-electron chi connectivity index (χ0n) is 11.8. The molecule has 1 aliphatic rings. The van der Waals surface area contributed by atoms with Gasteiger partial charge in [-0.15, -0.1) is 0 Å². The first-order chi connectivity index (χ1) is 11.3. The number of carbonyl (C=O) groups is 1. The molecule has 2 aromatic rings. The van der Waals surface area contributed by atoms with Crippen molar-refractivity contribution in [2.45, 2.75) is 6.18 Å². The number of fused-ring (bicyclic) bond motifs is 1. The highest BCUT2D eigenvalue weighted by Crippen LogP contribution is 2.36. The molecule has 6 nitrogen and oxygen atoms in total. The number of carboxylic acid groups (broad SMARTS) is 1. The van der Waals surface area contributed by atoms with Gasteiger partial charge in [0.05, 0.1) is 11.9 Å². The summed E-state index contributed by atoms with van der Waals surface area (Å²) >= 11 is 0. The molecule has 2 heterocycles. The molecule has 2 N–H and O–H groups in total. The standard InChI is InChI=1S/C15H8F3N3O3/c16-15(17,18)13-10(14(23)24)6-20-21(13)12-3-1-2-8-9(12)4-5-19-11(8)7-22/h1-6,19H,(H,23,24). The van der Waals surface area contributed by atoms with Crippen LogP contribution in [0.15, 0.2) is 30.6 Å². The molecule has 0 fully saturated rings. The fourth-order valence-corrected chi connectivity index (χ4v) is 2.46. The molecule has 122 valence electrons. The molecular formula is C15H8F3N3O3. The zero-order valence-corrected chi connectivity index (χ0v) is 11.8. The first kappa shape index (κ1) is 15.6. The summed E-state index contributed by atoms with van der Waals surface area (Å²) < 4.78 is 40.5. The SMILES string of the molecule is O=C=C1NC=Cc2c1cccc2-n1ncc(C(=O)O)c1C(F)(F)F. The summed E-state index contributed by atoms with van der Waals surface area (Å²) in [7, 11) is 0. The van der Waals surface area contributed by atoms with Crippen LogP contribution in [0.5, 0.6) is 0 Å². The summed E-state index contributed by atoms with van der Waals surface area (Å²) in [5.41, 5.74) is -1.66. The quantitative estimate of drug-likeness (QED) is 0.823. The molecule has 0 unspecified atom stereocenters. The van der Waals surface area contributed by atoms with Gasteiger partial charge in [0.15, 0.2) is 11.6 Å². The minimum atomic E-state index is -4.92. The molecule has 0 atom stereocenters. The van der Waals surface area contributed by atoms with Crippen molar-refractivity contribution in [3.05, 3.63) is 53.0 Å². The molecule has 0 saturated carbocycles. The van der Waals surface area contributed by atoms with Gasteiger partial charge in [-0.25, -0.2) is 14.3 Å². The van der Waals surface area contributed by atoms with Gasteiger partial charge >= 0.3 is 12.1 Å². The van der Waals surface area contributed by atoms with Crippen LogP contribution in [0, 0.1) is 0 Å². The third kappa shape index (κ3) is 2.37. The van der Waals surface area contributed by atoms with Crippen LogP contribution in [-0.4, -0.2) is 26.8 Å². The molecule has 0 aliphatic carbocycles. The Morgan fingerprint density at radius 2 is 2.08 bits per heavy atom. The van der Waals surface area contributed by atoms with E-state index in [0.29, 0.717) is 22.0 Å². The highest BCUT2D eigenvalue weighted by Gasteiger charge is 2.41. The highest BCUT2D eigenvalue weighted by molar-refractivity contribution is 5.94. The van der Waals surface area contributed by atoms with Gasteiger partial charge in [0.2, 0.25) is 0 Å². The molecule has 1 aromatic heterocycles. The Hall–Kier alpha value is -3.32. The smallest absolute Gasteiger partial charge is 0.434 e. The van der Waals surface area contributed by atoms with E-state index in [-0.39, 0.29) is 11.4 Å². The van der Waals surface area contributed by atoms with Crippen molar-refractivity contribution < 1.29 is 27.9 Å². The highest BCUT2D eigenvalue weighted by atomic mass is 19.4. The number of carbonyl (C=O) groups excluding carboxylic acids is 1. The van der Waals surface area contributed by atoms with Gasteiger partial charge in [-0.3, -0.25) is 0 Å². The molecule has 1 aromatic carbocycles. The van der Waals surface area contributed by atoms with E-state index < -0.39 is 23.4 Å². The number of hydrogen-bond donors (Lipinski definition) is 2. The minimum Gasteiger partial charge on any atom is -0.478 e. The van der Waals surface area contributed by atoms with Gasteiger partial charge < -0.3 is 10.4 Å². The number of benzene rings is 1. The number of aromatic nitrogens is 2. The third-order valence-corrected chi connectivity index (χ3v) is 3.43. The Morgan fingerprint density at radius 3 is 2.71 bits per heavy atom. The summed E-state index contributed by atoms with van der Waals surface area (Å²) in [6.45, 7) is 0. The molecule has 0 radical (unpaired) electrons. The second-order valence-electron chi connectivity index (χ2n) is 4.81. The second-order valence-corrected chi connectivity index (χ2v) is 4.81. The Balaban J connectivity index is 2.32. The lowest BCUT2D eigenvalue weighted by Crippen LogP contribution is -2.19. The molecule has 9 heteroatoms. The van der Waals surface area contributed by atoms with Crippen LogP contribution in [0.1, 0.15) is 27.2 Å². The fourth-order valence-electron chi connectivity index (χ4n) is 2.46. The van der Waals surface area contributed by atoms with E-state index in [1.54, 1.807) is 5.94 Å². The van der Waals surface area contributed by atoms with Crippen LogP contribution in [0.25, 0.3) is 17.5 Å². The summed E-state index contributed by atoms with van der Waals surface area (Å²) in [5, 5.41) is 15.2. The number of halogens is 3. The van der Waals surface area contributed by atoms with E-state index in [1.807, 2.05) is 0 Å². The summed E-state index contributed by atoms with van der Waals surface area (Å²) in [6.07, 6.45) is -1.44. The Kier molecular flexibility index (Phi) is 3.50. The molecule has 0 spiro atoms. The summed E-state index contributed by atoms with van der Waals surface area (Å²) in [5.74, 6) is -0.0670. The van der Waals surface area contributed by atoms with Crippen LogP contribution in [0.3, 0.4) is 0 Å². The largest absolute Gasteiger partial charge is 0.478 e. The van der Waals surface area contributed by atoms with Gasteiger partial charge in [0.25, 0.3) is 0 Å². The topological polar surface area (TPSA) is 84.2 Å². The van der Waals surface area contributed by atoms with Crippen molar-refractivity contribution in [3.8, 4) is 5.69 Å². The number of nitrogens with one attached hydrogen (secondary N) is 1. The second kappa shape index (κ2) is 5.39. The predicted molar refractivity (Wildman–Crippen MR) is 76.8 cm³/mol. The molecule has 24 heavy (non-hydrogen) atoms. The van der Waals surface area contributed by atoms with Crippen LogP contribution in [0.4, 0.5) is 13.2 Å². The Bertz CT molecular complexity index is 922. The van der Waals surface area contributed by atoms with Crippen molar-refractivity contribution in [3.63, 3.8) is 0 Å². The van der Waals surface area contributed by atoms with Crippen LogP contribution >= 0.6 is 0 Å². The van der Waals surface area contributed by atoms with Crippen molar-refractivity contribution in [1.82, 2.24) is 15.1 Å². The van der Waals surface area contributed by atoms with E-state index >= 15 is 0 Å². The normalized spacial score (nSPS) is 13.2. The molecule has 3 rings (SSSR count). The van der Waals surface area contributed by atoms with Crippen molar-refractivity contribution in [2.24, 2.45) is 0 Å². The number of hydrogen-bond acceptors (Lipinski definition) is 4. The molecule has 0 saturated heterocycles. The lowest BCUT2D eigenvalue weighted by molar-refractivity contribution is -0.143. The van der Waals surface area contributed by atoms with E-state index in [9.17, 15) is 22.8 Å². The Labute approximate surface area is 132 Å². The minimum absolute atomic E-state index is 0.00201. The average Bonchev–Trinajstić information content (AvgIpc) is 2.99. The monoisotopic (exact) mass is 335 g/mol. The van der Waals surface area contributed by atoms with Gasteiger partial charge in [-0.05, 0) is 12.1 Å². The van der Waals surface area contributed by atoms with Crippen LogP contribution in [0.2, 0.25) is 0 Å². The molecular weight excluding hydrogens is 327 g/mol. The summed E-state index contributed by atoms with van der Waals surface area (Å²) in [6, 6.07) is 4.32. The predicted octanol–water partition coefficient (Wildman–Crippen LogP) is 2.34. The average molecular weight is 335 g/mol. The maximum absolute atomic E-state index is 13.3. The fraction of sp³-hybridized carbons (Fsp3) is 0.0667. The maximum Gasteiger partial charge on any atom is 0.434 e. The molecule has 0 bridgehead atoms. The van der Waals surface area contributed by atoms with E-state index in [1.165, 1.54) is 30.5 Å². The van der Waals surface area contributed by atoms with Gasteiger partial charge in [0, 0.05) is 17.3 Å². The first-order valence-corrected chi connectivity index (χ1v) is 6.55. The van der Waals surface area contributed by atoms with Crippen molar-refractivity contribution >= 4 is 23.7 Å². The molecule has 0 amide bonds. The van der Waals surface area contributed by atoms with Gasteiger partial charge in [-0.2, -0.15) is 18.3 Å². The number of rotatable bonds is 2. The Morgan fingerprint density at radius 1 is 1.33 bits per heavy atom. The van der Waals surface area contributed by atoms with Crippen molar-refractivity contribution in [1.29, 1.82) is 0 Å². The first-order valence-electron chi connectivity index (χ1n) is 6.55. The number of carboxylic acids is 1. The summed E-state index contributed by atoms with van der Waals surface area (Å²) in [4.78, 5) is 22.0. The lowest BCUT2D eigenvalue weighted by atomic mass is 10.0. The third-order valence-electron chi connectivity index (χ3n) is 3.43. The van der Waals surface area contributed by atoms with Gasteiger partial charge in [0.1, 0.15) is 11.3 Å². The van der Waals surface area contributed by atoms with Crippen LogP contribution in [-0.2, 0) is 11.0 Å². The van der Waals surface area contributed by atoms with Crippen molar-refractivity contribution in [2.75, 3.05) is 0 Å². The zero-order chi connectivity index (χ0) is 17.5. The number of alkyl halides is 3. The van der Waals surface area contributed by atoms with E-state index in [4.69, 9.17) is 5.11 Å². The van der Waals surface area contributed by atoms with Crippen LogP contribution < -0.4 is 5.32 Å². The lowest BCUT2D eigenvalue weighted by Gasteiger charge is -2.18.